The van der Waals surface area contributed by atoms with Crippen molar-refractivity contribution in [3.8, 4) is 0 Å². The van der Waals surface area contributed by atoms with Gasteiger partial charge in [-0.2, -0.15) is 4.74 Å². The number of fused-ring (bicyclic) bond motifs is 5. The molecule has 1 saturated carbocycles. The molecule has 0 aromatic carbocycles. The molecule has 3 atom stereocenters. The van der Waals surface area contributed by atoms with Crippen molar-refractivity contribution in [1.29, 1.82) is 0 Å². The SMILES string of the molecule is [O-][N+]1=C2CCc3nonc3[C@H]2[C@H]2CCC[C@]21N1CCOCC1. The monoisotopic (exact) mass is 304 g/mol. The lowest BCUT2D eigenvalue weighted by Crippen LogP contribution is -2.59. The predicted octanol–water partition coefficient (Wildman–Crippen LogP) is 0.893. The topological polar surface area (TPSA) is 77.5 Å². The third-order valence-electron chi connectivity index (χ3n) is 6.08. The molecule has 2 aliphatic carbocycles. The Bertz CT molecular complexity index is 636. The van der Waals surface area contributed by atoms with Crippen LogP contribution in [0.2, 0.25) is 0 Å². The van der Waals surface area contributed by atoms with Crippen LogP contribution in [-0.2, 0) is 11.2 Å². The number of aromatic nitrogens is 2. The van der Waals surface area contributed by atoms with Gasteiger partial charge in [0, 0.05) is 32.4 Å². The summed E-state index contributed by atoms with van der Waals surface area (Å²) in [6.45, 7) is 3.14. The zero-order valence-corrected chi connectivity index (χ0v) is 12.5. The molecule has 0 N–H and O–H groups in total. The van der Waals surface area contributed by atoms with E-state index in [4.69, 9.17) is 9.37 Å². The quantitative estimate of drug-likeness (QED) is 0.566. The van der Waals surface area contributed by atoms with E-state index in [0.29, 0.717) is 5.92 Å². The van der Waals surface area contributed by atoms with Crippen molar-refractivity contribution in [3.63, 3.8) is 0 Å². The summed E-state index contributed by atoms with van der Waals surface area (Å²) in [5.41, 5.74) is 2.49. The van der Waals surface area contributed by atoms with Crippen molar-refractivity contribution >= 4 is 5.71 Å². The van der Waals surface area contributed by atoms with Crippen LogP contribution in [0.5, 0.6) is 0 Å². The summed E-state index contributed by atoms with van der Waals surface area (Å²) in [7, 11) is 0. The van der Waals surface area contributed by atoms with Crippen molar-refractivity contribution in [2.75, 3.05) is 26.3 Å². The molecule has 0 unspecified atom stereocenters. The maximum Gasteiger partial charge on any atom is 0.233 e. The van der Waals surface area contributed by atoms with E-state index in [1.165, 1.54) is 4.74 Å². The molecule has 5 rings (SSSR count). The molecular weight excluding hydrogens is 284 g/mol. The molecule has 1 aromatic heterocycles. The molecule has 1 aromatic rings. The number of rotatable bonds is 1. The normalized spacial score (nSPS) is 38.0. The summed E-state index contributed by atoms with van der Waals surface area (Å²) < 4.78 is 11.8. The zero-order chi connectivity index (χ0) is 14.7. The van der Waals surface area contributed by atoms with Gasteiger partial charge in [-0.15, -0.1) is 0 Å². The number of morpholine rings is 1. The Balaban J connectivity index is 1.63. The van der Waals surface area contributed by atoms with Gasteiger partial charge in [-0.25, -0.2) is 9.53 Å². The van der Waals surface area contributed by atoms with Crippen LogP contribution >= 0.6 is 0 Å². The molecule has 4 aliphatic rings. The van der Waals surface area contributed by atoms with Crippen LogP contribution in [0.15, 0.2) is 4.63 Å². The Kier molecular flexibility index (Phi) is 2.67. The minimum absolute atomic E-state index is 0.109. The Morgan fingerprint density at radius 3 is 2.95 bits per heavy atom. The summed E-state index contributed by atoms with van der Waals surface area (Å²) >= 11 is 0. The lowest BCUT2D eigenvalue weighted by molar-refractivity contribution is -0.583. The summed E-state index contributed by atoms with van der Waals surface area (Å²) in [6, 6.07) is 0. The van der Waals surface area contributed by atoms with E-state index in [1.807, 2.05) is 0 Å². The van der Waals surface area contributed by atoms with E-state index >= 15 is 0 Å². The smallest absolute Gasteiger partial charge is 0.233 e. The van der Waals surface area contributed by atoms with Gasteiger partial charge in [-0.3, -0.25) is 0 Å². The van der Waals surface area contributed by atoms with E-state index in [9.17, 15) is 5.21 Å². The second-order valence-electron chi connectivity index (χ2n) is 6.84. The fourth-order valence-corrected chi connectivity index (χ4v) is 5.24. The highest BCUT2D eigenvalue weighted by atomic mass is 16.6. The van der Waals surface area contributed by atoms with Crippen LogP contribution in [0.1, 0.15) is 43.0 Å². The Hall–Kier alpha value is -1.47. The molecule has 7 heteroatoms. The van der Waals surface area contributed by atoms with Crippen molar-refractivity contribution in [3.05, 3.63) is 16.6 Å². The van der Waals surface area contributed by atoms with Gasteiger partial charge in [0.1, 0.15) is 11.4 Å². The minimum Gasteiger partial charge on any atom is -0.622 e. The highest BCUT2D eigenvalue weighted by Crippen LogP contribution is 2.54. The highest BCUT2D eigenvalue weighted by Gasteiger charge is 2.66. The molecule has 0 bridgehead atoms. The van der Waals surface area contributed by atoms with Gasteiger partial charge in [0.25, 0.3) is 0 Å². The van der Waals surface area contributed by atoms with E-state index < -0.39 is 0 Å². The number of hydrogen-bond donors (Lipinski definition) is 0. The summed E-state index contributed by atoms with van der Waals surface area (Å²) in [4.78, 5) is 2.37. The van der Waals surface area contributed by atoms with E-state index in [2.05, 4.69) is 15.2 Å². The van der Waals surface area contributed by atoms with Crippen LogP contribution in [0.4, 0.5) is 0 Å². The number of hydrogen-bond acceptors (Lipinski definition) is 6. The Labute approximate surface area is 128 Å². The van der Waals surface area contributed by atoms with Crippen LogP contribution < -0.4 is 0 Å². The molecule has 0 radical (unpaired) electrons. The van der Waals surface area contributed by atoms with Gasteiger partial charge >= 0.3 is 0 Å². The van der Waals surface area contributed by atoms with Crippen molar-refractivity contribution < 1.29 is 14.1 Å². The highest BCUT2D eigenvalue weighted by molar-refractivity contribution is 5.90. The largest absolute Gasteiger partial charge is 0.622 e. The maximum absolute atomic E-state index is 13.3. The molecule has 118 valence electrons. The summed E-state index contributed by atoms with van der Waals surface area (Å²) in [5, 5.41) is 21.5. The first-order chi connectivity index (χ1) is 10.8. The van der Waals surface area contributed by atoms with Crippen LogP contribution in [0.3, 0.4) is 0 Å². The van der Waals surface area contributed by atoms with Crippen molar-refractivity contribution in [1.82, 2.24) is 15.2 Å². The van der Waals surface area contributed by atoms with Gasteiger partial charge < -0.3 is 9.94 Å². The summed E-state index contributed by atoms with van der Waals surface area (Å²) in [5.74, 6) is 0.418. The van der Waals surface area contributed by atoms with E-state index in [-0.39, 0.29) is 11.6 Å². The lowest BCUT2D eigenvalue weighted by Gasteiger charge is -2.41. The molecule has 2 fully saturated rings. The first-order valence-electron chi connectivity index (χ1n) is 8.29. The first kappa shape index (κ1) is 13.0. The molecule has 7 nitrogen and oxygen atoms in total. The number of aryl methyl sites for hydroxylation is 1. The van der Waals surface area contributed by atoms with Crippen molar-refractivity contribution in [2.45, 2.75) is 43.7 Å². The number of nitrogens with zero attached hydrogens (tertiary/aromatic N) is 4. The standard InChI is InChI=1S/C15H20N4O3/c20-19-12-4-3-11-14(17-22-16-11)13(12)10-2-1-5-15(10,19)18-6-8-21-9-7-18/h10,13H,1-9H2/t10-,13+,15-/m1/s1. The van der Waals surface area contributed by atoms with E-state index in [0.717, 1.165) is 75.5 Å². The average Bonchev–Trinajstić information content (AvgIpc) is 3.24. The van der Waals surface area contributed by atoms with Gasteiger partial charge in [0.15, 0.2) is 5.71 Å². The second-order valence-corrected chi connectivity index (χ2v) is 6.84. The minimum atomic E-state index is -0.385. The van der Waals surface area contributed by atoms with Crippen molar-refractivity contribution in [2.24, 2.45) is 5.92 Å². The first-order valence-corrected chi connectivity index (χ1v) is 8.29. The Morgan fingerprint density at radius 2 is 2.09 bits per heavy atom. The third-order valence-corrected chi connectivity index (χ3v) is 6.08. The molecule has 0 spiro atoms. The molecule has 0 amide bonds. The molecular formula is C15H20N4O3. The fourth-order valence-electron chi connectivity index (χ4n) is 5.24. The summed E-state index contributed by atoms with van der Waals surface area (Å²) in [6.07, 6.45) is 4.69. The van der Waals surface area contributed by atoms with Gasteiger partial charge in [0.2, 0.25) is 5.66 Å². The number of ether oxygens (including phenoxy) is 1. The van der Waals surface area contributed by atoms with Gasteiger partial charge in [0.05, 0.1) is 25.0 Å². The lowest BCUT2D eigenvalue weighted by atomic mass is 9.77. The molecule has 2 aliphatic heterocycles. The van der Waals surface area contributed by atoms with Crippen LogP contribution in [0, 0.1) is 11.1 Å². The van der Waals surface area contributed by atoms with Gasteiger partial charge in [-0.05, 0) is 12.8 Å². The maximum atomic E-state index is 13.3. The predicted molar refractivity (Wildman–Crippen MR) is 76.5 cm³/mol. The third kappa shape index (κ3) is 1.46. The molecule has 3 heterocycles. The zero-order valence-electron chi connectivity index (χ0n) is 12.5. The van der Waals surface area contributed by atoms with Gasteiger partial charge in [-0.1, -0.05) is 10.3 Å². The second kappa shape index (κ2) is 4.52. The fraction of sp³-hybridized carbons (Fsp3) is 0.800. The van der Waals surface area contributed by atoms with Crippen LogP contribution in [0.25, 0.3) is 0 Å². The van der Waals surface area contributed by atoms with Crippen LogP contribution in [-0.4, -0.2) is 57.6 Å². The molecule has 1 saturated heterocycles. The Morgan fingerprint density at radius 1 is 1.23 bits per heavy atom. The van der Waals surface area contributed by atoms with E-state index in [1.54, 1.807) is 0 Å². The average molecular weight is 304 g/mol. The molecule has 22 heavy (non-hydrogen) atoms. The number of hydroxylamine groups is 1.